The average molecular weight is 300 g/mol. The molecule has 0 aliphatic heterocycles. The van der Waals surface area contributed by atoms with Crippen molar-refractivity contribution in [3.63, 3.8) is 0 Å². The maximum Gasteiger partial charge on any atom is 0.193 e. The highest BCUT2D eigenvalue weighted by Gasteiger charge is 2.15. The van der Waals surface area contributed by atoms with Crippen LogP contribution < -0.4 is 5.32 Å². The lowest BCUT2D eigenvalue weighted by molar-refractivity contribution is 0.523. The standard InChI is InChI=1S/C16H20N4S/c1-3-5-18-15(14-4-6-17-10-12(14)2)9-13-11-20-7-8-21-16(20)19-13/h4,6-8,10-11,15,18H,3,5,9H2,1-2H3. The number of fused-ring (bicyclic) bond motifs is 1. The van der Waals surface area contributed by atoms with Gasteiger partial charge in [0, 0.05) is 42.6 Å². The molecule has 5 heteroatoms. The normalized spacial score (nSPS) is 12.9. The van der Waals surface area contributed by atoms with Crippen molar-refractivity contribution in [2.75, 3.05) is 6.54 Å². The molecule has 110 valence electrons. The zero-order chi connectivity index (χ0) is 14.7. The van der Waals surface area contributed by atoms with Crippen LogP contribution in [0.5, 0.6) is 0 Å². The third-order valence-corrected chi connectivity index (χ3v) is 4.41. The molecule has 0 aliphatic carbocycles. The number of aryl methyl sites for hydroxylation is 1. The second-order valence-corrected chi connectivity index (χ2v) is 6.14. The lowest BCUT2D eigenvalue weighted by Gasteiger charge is -2.19. The van der Waals surface area contributed by atoms with Crippen LogP contribution in [0.4, 0.5) is 0 Å². The minimum atomic E-state index is 0.289. The van der Waals surface area contributed by atoms with Gasteiger partial charge in [0.15, 0.2) is 4.96 Å². The van der Waals surface area contributed by atoms with E-state index in [4.69, 9.17) is 4.98 Å². The van der Waals surface area contributed by atoms with Gasteiger partial charge in [-0.2, -0.15) is 0 Å². The minimum Gasteiger partial charge on any atom is -0.310 e. The topological polar surface area (TPSA) is 42.2 Å². The number of imidazole rings is 1. The van der Waals surface area contributed by atoms with Gasteiger partial charge in [-0.05, 0) is 37.1 Å². The van der Waals surface area contributed by atoms with Crippen molar-refractivity contribution in [3.05, 3.63) is 53.1 Å². The Morgan fingerprint density at radius 1 is 1.43 bits per heavy atom. The number of pyridine rings is 1. The van der Waals surface area contributed by atoms with Crippen LogP contribution in [0.1, 0.15) is 36.2 Å². The molecular weight excluding hydrogens is 280 g/mol. The molecule has 0 aromatic carbocycles. The number of hydrogen-bond donors (Lipinski definition) is 1. The van der Waals surface area contributed by atoms with Gasteiger partial charge in [-0.3, -0.25) is 9.38 Å². The molecule has 3 aromatic heterocycles. The van der Waals surface area contributed by atoms with E-state index in [0.29, 0.717) is 0 Å². The molecule has 0 fully saturated rings. The summed E-state index contributed by atoms with van der Waals surface area (Å²) in [6.07, 6.45) is 10.0. The van der Waals surface area contributed by atoms with Gasteiger partial charge < -0.3 is 5.32 Å². The minimum absolute atomic E-state index is 0.289. The van der Waals surface area contributed by atoms with Crippen molar-refractivity contribution in [1.29, 1.82) is 0 Å². The number of aromatic nitrogens is 3. The summed E-state index contributed by atoms with van der Waals surface area (Å²) in [4.78, 5) is 9.96. The van der Waals surface area contributed by atoms with Crippen LogP contribution in [0, 0.1) is 6.92 Å². The van der Waals surface area contributed by atoms with Crippen molar-refractivity contribution in [2.24, 2.45) is 0 Å². The van der Waals surface area contributed by atoms with Crippen molar-refractivity contribution < 1.29 is 0 Å². The van der Waals surface area contributed by atoms with Crippen molar-refractivity contribution in [3.8, 4) is 0 Å². The lowest BCUT2D eigenvalue weighted by Crippen LogP contribution is -2.25. The van der Waals surface area contributed by atoms with E-state index >= 15 is 0 Å². The van der Waals surface area contributed by atoms with E-state index in [1.54, 1.807) is 11.3 Å². The molecule has 0 spiro atoms. The number of nitrogens with zero attached hydrogens (tertiary/aromatic N) is 3. The Balaban J connectivity index is 1.85. The van der Waals surface area contributed by atoms with E-state index in [2.05, 4.69) is 52.4 Å². The lowest BCUT2D eigenvalue weighted by atomic mass is 9.99. The fourth-order valence-electron chi connectivity index (χ4n) is 2.57. The molecule has 0 bridgehead atoms. The predicted octanol–water partition coefficient (Wildman–Crippen LogP) is 3.38. The number of hydrogen-bond acceptors (Lipinski definition) is 4. The van der Waals surface area contributed by atoms with Gasteiger partial charge in [0.05, 0.1) is 5.69 Å². The zero-order valence-electron chi connectivity index (χ0n) is 12.4. The van der Waals surface area contributed by atoms with E-state index in [0.717, 1.165) is 30.0 Å². The first kappa shape index (κ1) is 14.2. The third kappa shape index (κ3) is 3.14. The van der Waals surface area contributed by atoms with Gasteiger partial charge in [0.2, 0.25) is 0 Å². The number of thiazole rings is 1. The molecule has 21 heavy (non-hydrogen) atoms. The summed E-state index contributed by atoms with van der Waals surface area (Å²) in [5.41, 5.74) is 3.67. The quantitative estimate of drug-likeness (QED) is 0.759. The van der Waals surface area contributed by atoms with Crippen LogP contribution in [-0.4, -0.2) is 20.9 Å². The summed E-state index contributed by atoms with van der Waals surface area (Å²) in [7, 11) is 0. The Kier molecular flexibility index (Phi) is 4.31. The van der Waals surface area contributed by atoms with Gasteiger partial charge in [-0.1, -0.05) is 6.92 Å². The van der Waals surface area contributed by atoms with E-state index < -0.39 is 0 Å². The van der Waals surface area contributed by atoms with Crippen LogP contribution in [-0.2, 0) is 6.42 Å². The molecule has 3 aromatic rings. The molecule has 0 amide bonds. The second-order valence-electron chi connectivity index (χ2n) is 5.27. The largest absolute Gasteiger partial charge is 0.310 e. The maximum absolute atomic E-state index is 4.70. The number of rotatable bonds is 6. The molecule has 0 saturated carbocycles. The van der Waals surface area contributed by atoms with Gasteiger partial charge in [-0.25, -0.2) is 4.98 Å². The summed E-state index contributed by atoms with van der Waals surface area (Å²) in [5.74, 6) is 0. The second kappa shape index (κ2) is 6.37. The van der Waals surface area contributed by atoms with Gasteiger partial charge in [0.1, 0.15) is 0 Å². The molecule has 0 aliphatic rings. The summed E-state index contributed by atoms with van der Waals surface area (Å²) in [6.45, 7) is 5.32. The fourth-order valence-corrected chi connectivity index (χ4v) is 3.29. The van der Waals surface area contributed by atoms with Crippen molar-refractivity contribution in [1.82, 2.24) is 19.7 Å². The Labute approximate surface area is 128 Å². The average Bonchev–Trinajstić information content (AvgIpc) is 3.05. The van der Waals surface area contributed by atoms with E-state index in [1.807, 2.05) is 12.4 Å². The molecule has 4 nitrogen and oxygen atoms in total. The van der Waals surface area contributed by atoms with Crippen LogP contribution in [0.3, 0.4) is 0 Å². The van der Waals surface area contributed by atoms with E-state index in [-0.39, 0.29) is 6.04 Å². The monoisotopic (exact) mass is 300 g/mol. The third-order valence-electron chi connectivity index (χ3n) is 3.64. The van der Waals surface area contributed by atoms with Gasteiger partial charge >= 0.3 is 0 Å². The summed E-state index contributed by atoms with van der Waals surface area (Å²) < 4.78 is 2.09. The van der Waals surface area contributed by atoms with Crippen molar-refractivity contribution >= 4 is 16.3 Å². The van der Waals surface area contributed by atoms with Gasteiger partial charge in [0.25, 0.3) is 0 Å². The highest BCUT2D eigenvalue weighted by atomic mass is 32.1. The Bertz CT molecular complexity index is 687. The Morgan fingerprint density at radius 3 is 3.10 bits per heavy atom. The van der Waals surface area contributed by atoms with Crippen LogP contribution in [0.2, 0.25) is 0 Å². The van der Waals surface area contributed by atoms with E-state index in [9.17, 15) is 0 Å². The molecule has 3 heterocycles. The highest BCUT2D eigenvalue weighted by Crippen LogP contribution is 2.22. The molecule has 3 rings (SSSR count). The van der Waals surface area contributed by atoms with Crippen LogP contribution >= 0.6 is 11.3 Å². The molecule has 1 atom stereocenters. The van der Waals surface area contributed by atoms with Crippen molar-refractivity contribution in [2.45, 2.75) is 32.7 Å². The summed E-state index contributed by atoms with van der Waals surface area (Å²) >= 11 is 1.67. The summed E-state index contributed by atoms with van der Waals surface area (Å²) in [6, 6.07) is 2.40. The first-order valence-corrected chi connectivity index (χ1v) is 8.21. The SMILES string of the molecule is CCCNC(Cc1cn2ccsc2n1)c1ccncc1C. The molecule has 1 N–H and O–H groups in total. The first-order valence-electron chi connectivity index (χ1n) is 7.33. The zero-order valence-corrected chi connectivity index (χ0v) is 13.2. The highest BCUT2D eigenvalue weighted by molar-refractivity contribution is 7.15. The predicted molar refractivity (Wildman–Crippen MR) is 86.8 cm³/mol. The Hall–Kier alpha value is -1.72. The molecule has 1 unspecified atom stereocenters. The van der Waals surface area contributed by atoms with Crippen LogP contribution in [0.15, 0.2) is 36.2 Å². The molecule has 0 radical (unpaired) electrons. The fraction of sp³-hybridized carbons (Fsp3) is 0.375. The van der Waals surface area contributed by atoms with Crippen LogP contribution in [0.25, 0.3) is 4.96 Å². The molecule has 0 saturated heterocycles. The Morgan fingerprint density at radius 2 is 2.33 bits per heavy atom. The maximum atomic E-state index is 4.70. The van der Waals surface area contributed by atoms with Gasteiger partial charge in [-0.15, -0.1) is 11.3 Å². The summed E-state index contributed by atoms with van der Waals surface area (Å²) in [5, 5.41) is 5.70. The number of nitrogens with one attached hydrogen (secondary N) is 1. The van der Waals surface area contributed by atoms with E-state index in [1.165, 1.54) is 11.1 Å². The first-order chi connectivity index (χ1) is 10.3. The smallest absolute Gasteiger partial charge is 0.193 e. The molecular formula is C16H20N4S.